The van der Waals surface area contributed by atoms with Crippen molar-refractivity contribution in [3.8, 4) is 0 Å². The van der Waals surface area contributed by atoms with Crippen molar-refractivity contribution in [2.45, 2.75) is 19.9 Å². The maximum Gasteiger partial charge on any atom is 0.154 e. The monoisotopic (exact) mass is 150 g/mol. The molecular weight excluding hydrogens is 140 g/mol. The molecule has 0 saturated carbocycles. The molecule has 0 aliphatic carbocycles. The van der Waals surface area contributed by atoms with Crippen molar-refractivity contribution in [3.63, 3.8) is 0 Å². The number of hydrogen-bond donors (Lipinski definition) is 2. The van der Waals surface area contributed by atoms with Crippen LogP contribution in [-0.4, -0.2) is 16.3 Å². The lowest BCUT2D eigenvalue weighted by Crippen LogP contribution is -2.07. The summed E-state index contributed by atoms with van der Waals surface area (Å²) >= 11 is 0. The SMILES string of the molecule is Cc1nc2c([nH]1)C(C)N=CN2. The summed E-state index contributed by atoms with van der Waals surface area (Å²) in [4.78, 5) is 11.6. The van der Waals surface area contributed by atoms with Gasteiger partial charge in [0, 0.05) is 0 Å². The minimum absolute atomic E-state index is 0.201. The quantitative estimate of drug-likeness (QED) is 0.584. The Balaban J connectivity index is 2.49. The van der Waals surface area contributed by atoms with Gasteiger partial charge in [0.25, 0.3) is 0 Å². The number of fused-ring (bicyclic) bond motifs is 1. The number of aromatic nitrogens is 2. The first-order valence-electron chi connectivity index (χ1n) is 3.62. The third-order valence-corrected chi connectivity index (χ3v) is 1.77. The first kappa shape index (κ1) is 6.39. The highest BCUT2D eigenvalue weighted by atomic mass is 15.1. The molecule has 4 nitrogen and oxygen atoms in total. The molecule has 2 rings (SSSR count). The fourth-order valence-corrected chi connectivity index (χ4v) is 1.21. The van der Waals surface area contributed by atoms with Gasteiger partial charge in [0.2, 0.25) is 0 Å². The zero-order chi connectivity index (χ0) is 7.84. The van der Waals surface area contributed by atoms with Gasteiger partial charge in [-0.3, -0.25) is 4.99 Å². The Kier molecular flexibility index (Phi) is 1.21. The fourth-order valence-electron chi connectivity index (χ4n) is 1.21. The number of nitrogens with one attached hydrogen (secondary N) is 2. The number of aliphatic imine (C=N–C) groups is 1. The zero-order valence-electron chi connectivity index (χ0n) is 6.55. The third kappa shape index (κ3) is 0.906. The Morgan fingerprint density at radius 3 is 3.09 bits per heavy atom. The van der Waals surface area contributed by atoms with Gasteiger partial charge in [0.05, 0.1) is 18.1 Å². The first-order valence-corrected chi connectivity index (χ1v) is 3.62. The average Bonchev–Trinajstić information content (AvgIpc) is 2.31. The second-order valence-electron chi connectivity index (χ2n) is 2.68. The maximum atomic E-state index is 4.24. The van der Waals surface area contributed by atoms with Gasteiger partial charge in [0.1, 0.15) is 5.82 Å². The highest BCUT2D eigenvalue weighted by molar-refractivity contribution is 5.77. The van der Waals surface area contributed by atoms with Crippen LogP contribution in [0.1, 0.15) is 24.5 Å². The van der Waals surface area contributed by atoms with E-state index in [1.807, 2.05) is 13.8 Å². The predicted octanol–water partition coefficient (Wildman–Crippen LogP) is 1.23. The van der Waals surface area contributed by atoms with Gasteiger partial charge >= 0.3 is 0 Å². The molecule has 1 aromatic rings. The standard InChI is InChI=1S/C7H10N4/c1-4-6-7(9-3-8-4)11-5(2)10-6/h3-4H,1-2H3,(H,8,9)(H,10,11). The van der Waals surface area contributed by atoms with Crippen LogP contribution in [0.15, 0.2) is 4.99 Å². The van der Waals surface area contributed by atoms with Crippen LogP contribution in [0, 0.1) is 6.92 Å². The van der Waals surface area contributed by atoms with Crippen LogP contribution in [0.25, 0.3) is 0 Å². The lowest BCUT2D eigenvalue weighted by molar-refractivity contribution is 0.787. The Morgan fingerprint density at radius 2 is 2.36 bits per heavy atom. The van der Waals surface area contributed by atoms with E-state index in [0.717, 1.165) is 17.3 Å². The number of aryl methyl sites for hydroxylation is 1. The highest BCUT2D eigenvalue weighted by Gasteiger charge is 2.15. The Bertz CT molecular complexity index is 299. The summed E-state index contributed by atoms with van der Waals surface area (Å²) in [5.41, 5.74) is 1.07. The minimum atomic E-state index is 0.201. The maximum absolute atomic E-state index is 4.24. The van der Waals surface area contributed by atoms with Crippen LogP contribution in [0.2, 0.25) is 0 Å². The highest BCUT2D eigenvalue weighted by Crippen LogP contribution is 2.24. The van der Waals surface area contributed by atoms with Gasteiger partial charge in [-0.1, -0.05) is 0 Å². The van der Waals surface area contributed by atoms with Crippen LogP contribution < -0.4 is 5.32 Å². The summed E-state index contributed by atoms with van der Waals surface area (Å²) in [7, 11) is 0. The molecule has 1 aliphatic rings. The minimum Gasteiger partial charge on any atom is -0.343 e. The summed E-state index contributed by atoms with van der Waals surface area (Å²) in [6, 6.07) is 0.201. The molecule has 1 unspecified atom stereocenters. The summed E-state index contributed by atoms with van der Waals surface area (Å²) < 4.78 is 0. The number of H-pyrrole nitrogens is 1. The van der Waals surface area contributed by atoms with Gasteiger partial charge < -0.3 is 10.3 Å². The third-order valence-electron chi connectivity index (χ3n) is 1.77. The van der Waals surface area contributed by atoms with E-state index in [2.05, 4.69) is 20.3 Å². The summed E-state index contributed by atoms with van der Waals surface area (Å²) in [6.07, 6.45) is 1.69. The number of imidazole rings is 1. The zero-order valence-corrected chi connectivity index (χ0v) is 6.55. The number of rotatable bonds is 0. The van der Waals surface area contributed by atoms with Crippen LogP contribution in [0.5, 0.6) is 0 Å². The molecule has 0 bridgehead atoms. The topological polar surface area (TPSA) is 53.1 Å². The van der Waals surface area contributed by atoms with E-state index in [1.54, 1.807) is 6.34 Å². The largest absolute Gasteiger partial charge is 0.343 e. The predicted molar refractivity (Wildman–Crippen MR) is 43.9 cm³/mol. The lowest BCUT2D eigenvalue weighted by Gasteiger charge is -2.10. The van der Waals surface area contributed by atoms with Crippen LogP contribution in [0.3, 0.4) is 0 Å². The van der Waals surface area contributed by atoms with Gasteiger partial charge in [-0.05, 0) is 13.8 Å². The molecule has 11 heavy (non-hydrogen) atoms. The van der Waals surface area contributed by atoms with Gasteiger partial charge in [-0.25, -0.2) is 4.98 Å². The Morgan fingerprint density at radius 1 is 1.55 bits per heavy atom. The van der Waals surface area contributed by atoms with E-state index >= 15 is 0 Å². The van der Waals surface area contributed by atoms with Crippen LogP contribution >= 0.6 is 0 Å². The summed E-state index contributed by atoms with van der Waals surface area (Å²) in [6.45, 7) is 3.97. The molecule has 4 heteroatoms. The molecule has 58 valence electrons. The molecule has 0 saturated heterocycles. The van der Waals surface area contributed by atoms with Crippen molar-refractivity contribution in [2.24, 2.45) is 4.99 Å². The molecule has 0 fully saturated rings. The molecule has 0 radical (unpaired) electrons. The van der Waals surface area contributed by atoms with Crippen molar-refractivity contribution < 1.29 is 0 Å². The molecule has 0 aromatic carbocycles. The Hall–Kier alpha value is -1.32. The number of aromatic amines is 1. The molecule has 2 N–H and O–H groups in total. The van der Waals surface area contributed by atoms with Gasteiger partial charge in [-0.2, -0.15) is 0 Å². The van der Waals surface area contributed by atoms with E-state index in [4.69, 9.17) is 0 Å². The van der Waals surface area contributed by atoms with Gasteiger partial charge in [0.15, 0.2) is 5.82 Å². The van der Waals surface area contributed by atoms with Gasteiger partial charge in [-0.15, -0.1) is 0 Å². The normalized spacial score (nSPS) is 21.1. The van der Waals surface area contributed by atoms with Crippen molar-refractivity contribution in [1.29, 1.82) is 0 Å². The van der Waals surface area contributed by atoms with Crippen molar-refractivity contribution >= 4 is 12.2 Å². The van der Waals surface area contributed by atoms with E-state index in [9.17, 15) is 0 Å². The van der Waals surface area contributed by atoms with Crippen molar-refractivity contribution in [1.82, 2.24) is 9.97 Å². The first-order chi connectivity index (χ1) is 5.27. The second kappa shape index (κ2) is 2.08. The van der Waals surface area contributed by atoms with Crippen molar-refractivity contribution in [2.75, 3.05) is 5.32 Å². The molecule has 1 aromatic heterocycles. The molecule has 1 atom stereocenters. The molecular formula is C7H10N4. The number of anilines is 1. The Labute approximate surface area is 64.8 Å². The number of nitrogens with zero attached hydrogens (tertiary/aromatic N) is 2. The lowest BCUT2D eigenvalue weighted by atomic mass is 10.2. The molecule has 1 aliphatic heterocycles. The number of hydrogen-bond acceptors (Lipinski definition) is 3. The smallest absolute Gasteiger partial charge is 0.154 e. The molecule has 0 amide bonds. The van der Waals surface area contributed by atoms with Crippen molar-refractivity contribution in [3.05, 3.63) is 11.5 Å². The average molecular weight is 150 g/mol. The summed E-state index contributed by atoms with van der Waals surface area (Å²) in [5.74, 6) is 1.84. The van der Waals surface area contributed by atoms with Crippen LogP contribution in [0.4, 0.5) is 5.82 Å². The second-order valence-corrected chi connectivity index (χ2v) is 2.68. The molecule has 2 heterocycles. The van der Waals surface area contributed by atoms with E-state index in [0.29, 0.717) is 0 Å². The fraction of sp³-hybridized carbons (Fsp3) is 0.429. The van der Waals surface area contributed by atoms with E-state index in [1.165, 1.54) is 0 Å². The van der Waals surface area contributed by atoms with E-state index < -0.39 is 0 Å². The summed E-state index contributed by atoms with van der Waals surface area (Å²) in [5, 5.41) is 2.98. The van der Waals surface area contributed by atoms with Crippen LogP contribution in [-0.2, 0) is 0 Å². The van der Waals surface area contributed by atoms with E-state index in [-0.39, 0.29) is 6.04 Å². The molecule has 0 spiro atoms.